The Balaban J connectivity index is 0.00000261. The summed E-state index contributed by atoms with van der Waals surface area (Å²) in [6.45, 7) is 1.71. The van der Waals surface area contributed by atoms with Gasteiger partial charge in [-0.05, 0) is 35.1 Å². The van der Waals surface area contributed by atoms with Crippen molar-refractivity contribution in [3.8, 4) is 11.5 Å². The molecule has 3 rings (SSSR count). The zero-order chi connectivity index (χ0) is 19.2. The second kappa shape index (κ2) is 8.27. The van der Waals surface area contributed by atoms with Gasteiger partial charge in [-0.25, -0.2) is 0 Å². The third-order valence-electron chi connectivity index (χ3n) is 3.81. The van der Waals surface area contributed by atoms with E-state index in [1.807, 2.05) is 0 Å². The van der Waals surface area contributed by atoms with Crippen LogP contribution in [-0.2, 0) is 4.79 Å². The minimum absolute atomic E-state index is 0. The van der Waals surface area contributed by atoms with E-state index in [2.05, 4.69) is 21.0 Å². The smallest absolute Gasteiger partial charge is 0.871 e. The first-order valence-corrected chi connectivity index (χ1v) is 8.59. The van der Waals surface area contributed by atoms with Crippen LogP contribution in [0.1, 0.15) is 11.3 Å². The van der Waals surface area contributed by atoms with Crippen molar-refractivity contribution >= 4 is 56.4 Å². The van der Waals surface area contributed by atoms with Gasteiger partial charge in [0.15, 0.2) is 16.1 Å². The van der Waals surface area contributed by atoms with Crippen LogP contribution in [-0.4, -0.2) is 47.8 Å². The van der Waals surface area contributed by atoms with Gasteiger partial charge < -0.3 is 19.2 Å². The number of ether oxygens (including phenoxy) is 1. The molecule has 0 aliphatic carbocycles. The van der Waals surface area contributed by atoms with Crippen molar-refractivity contribution in [2.75, 3.05) is 20.7 Å². The minimum Gasteiger partial charge on any atom is -0.871 e. The van der Waals surface area contributed by atoms with E-state index in [1.165, 1.54) is 13.2 Å². The van der Waals surface area contributed by atoms with Gasteiger partial charge in [0.1, 0.15) is 23.4 Å². The fourth-order valence-corrected chi connectivity index (χ4v) is 3.31. The summed E-state index contributed by atoms with van der Waals surface area (Å²) < 4.78 is 10.9. The van der Waals surface area contributed by atoms with Gasteiger partial charge in [0.05, 0.1) is 17.8 Å². The Labute approximate surface area is 190 Å². The van der Waals surface area contributed by atoms with Crippen LogP contribution in [0.4, 0.5) is 0 Å². The summed E-state index contributed by atoms with van der Waals surface area (Å²) in [6, 6.07) is 1.30. The summed E-state index contributed by atoms with van der Waals surface area (Å²) in [5.74, 6) is -0.424. The van der Waals surface area contributed by atoms with E-state index in [0.29, 0.717) is 5.76 Å². The van der Waals surface area contributed by atoms with Crippen LogP contribution in [0.3, 0.4) is 0 Å². The number of carbonyl (C=O) groups is 1. The number of benzene rings is 1. The third-order valence-corrected chi connectivity index (χ3v) is 5.01. The molecule has 1 saturated heterocycles. The van der Waals surface area contributed by atoms with E-state index in [0.717, 1.165) is 11.2 Å². The minimum atomic E-state index is -0.488. The molecule has 11 heteroatoms. The first-order chi connectivity index (χ1) is 12.3. The first kappa shape index (κ1) is 21.8. The summed E-state index contributed by atoms with van der Waals surface area (Å²) in [6.07, 6.45) is 1.16. The molecule has 1 fully saturated rings. The van der Waals surface area contributed by atoms with E-state index in [4.69, 9.17) is 21.4 Å². The normalized spacial score (nSPS) is 14.4. The van der Waals surface area contributed by atoms with E-state index >= 15 is 0 Å². The van der Waals surface area contributed by atoms with Crippen LogP contribution >= 0.6 is 28.1 Å². The molecule has 1 amide bonds. The molecule has 0 spiro atoms. The molecule has 0 radical (unpaired) electrons. The summed E-state index contributed by atoms with van der Waals surface area (Å²) in [4.78, 5) is 25.9. The number of hydrazone groups is 1. The predicted molar refractivity (Wildman–Crippen MR) is 101 cm³/mol. The number of rotatable bonds is 3. The average Bonchev–Trinajstić information content (AvgIpc) is 2.82. The van der Waals surface area contributed by atoms with Crippen molar-refractivity contribution in [2.45, 2.75) is 6.92 Å². The Kier molecular flexibility index (Phi) is 6.69. The van der Waals surface area contributed by atoms with Gasteiger partial charge in [-0.1, -0.05) is 5.75 Å². The number of thiocarbonyl (C=S) groups is 1. The maximum absolute atomic E-state index is 12.7. The molecule has 2 heterocycles. The van der Waals surface area contributed by atoms with Crippen molar-refractivity contribution in [2.24, 2.45) is 5.10 Å². The number of nitrogens with zero attached hydrogens (tertiary/aromatic N) is 3. The zero-order valence-corrected chi connectivity index (χ0v) is 19.4. The predicted octanol–water partition coefficient (Wildman–Crippen LogP) is -1.66. The molecule has 1 aliphatic rings. The molecule has 1 aliphatic heterocycles. The second-order valence-corrected chi connectivity index (χ2v) is 6.76. The van der Waals surface area contributed by atoms with Gasteiger partial charge in [-0.2, -0.15) is 10.1 Å². The van der Waals surface area contributed by atoms with E-state index < -0.39 is 5.75 Å². The van der Waals surface area contributed by atoms with Crippen molar-refractivity contribution in [3.63, 3.8) is 0 Å². The topological polar surface area (TPSA) is 98.4 Å². The van der Waals surface area contributed by atoms with Crippen molar-refractivity contribution in [3.05, 3.63) is 32.1 Å². The summed E-state index contributed by atoms with van der Waals surface area (Å²) in [5.41, 5.74) is -0.252. The molecule has 2 aromatic rings. The number of methoxy groups -OCH3 is 1. The maximum atomic E-state index is 12.7. The Bertz CT molecular complexity index is 1040. The Morgan fingerprint density at radius 3 is 2.67 bits per heavy atom. The molecule has 136 valence electrons. The van der Waals surface area contributed by atoms with Crippen molar-refractivity contribution < 1.29 is 48.6 Å². The van der Waals surface area contributed by atoms with Crippen molar-refractivity contribution in [1.29, 1.82) is 0 Å². The molecular formula is C16H13BrN3NaO5S. The van der Waals surface area contributed by atoms with E-state index in [1.54, 1.807) is 18.9 Å². The second-order valence-electron chi connectivity index (χ2n) is 5.60. The molecule has 1 aromatic carbocycles. The van der Waals surface area contributed by atoms with Crippen LogP contribution < -0.4 is 44.8 Å². The molecule has 0 bridgehead atoms. The quantitative estimate of drug-likeness (QED) is 0.306. The van der Waals surface area contributed by atoms with E-state index in [-0.39, 0.29) is 79.3 Å². The number of fused-ring (bicyclic) bond motifs is 1. The SMILES string of the molecule is COc1c(/C=N/N2C(=O)CN(C)C2=S)c([O-])c(Br)c2oc(C)cc(=O)c12.[Na+]. The molecule has 0 atom stereocenters. The van der Waals surface area contributed by atoms with Gasteiger partial charge in [-0.15, -0.1) is 0 Å². The molecule has 1 aromatic heterocycles. The largest absolute Gasteiger partial charge is 1.00 e. The van der Waals surface area contributed by atoms with Gasteiger partial charge >= 0.3 is 29.6 Å². The molecular weight excluding hydrogens is 449 g/mol. The van der Waals surface area contributed by atoms with Crippen LogP contribution in [0.15, 0.2) is 24.9 Å². The van der Waals surface area contributed by atoms with Gasteiger partial charge in [0.25, 0.3) is 5.91 Å². The molecule has 0 saturated carbocycles. The van der Waals surface area contributed by atoms with E-state index in [9.17, 15) is 14.7 Å². The number of hydrogen-bond acceptors (Lipinski definition) is 7. The van der Waals surface area contributed by atoms with Gasteiger partial charge in [-0.3, -0.25) is 9.59 Å². The molecule has 27 heavy (non-hydrogen) atoms. The fraction of sp³-hybridized carbons (Fsp3) is 0.250. The number of amides is 1. The molecule has 0 unspecified atom stereocenters. The number of halogens is 1. The number of likely N-dealkylation sites (N-methyl/N-ethyl adjacent to an activating group) is 1. The summed E-state index contributed by atoms with van der Waals surface area (Å²) in [5, 5.41) is 18.0. The fourth-order valence-electron chi connectivity index (χ4n) is 2.60. The maximum Gasteiger partial charge on any atom is 1.00 e. The Morgan fingerprint density at radius 2 is 2.11 bits per heavy atom. The van der Waals surface area contributed by atoms with Crippen LogP contribution in [0.25, 0.3) is 11.0 Å². The Morgan fingerprint density at radius 1 is 1.44 bits per heavy atom. The first-order valence-electron chi connectivity index (χ1n) is 7.39. The van der Waals surface area contributed by atoms with Crippen LogP contribution in [0.5, 0.6) is 11.5 Å². The molecule has 0 N–H and O–H groups in total. The number of hydrogen-bond donors (Lipinski definition) is 0. The summed E-state index contributed by atoms with van der Waals surface area (Å²) >= 11 is 8.29. The molecule has 8 nitrogen and oxygen atoms in total. The van der Waals surface area contributed by atoms with Crippen molar-refractivity contribution in [1.82, 2.24) is 9.91 Å². The average molecular weight is 462 g/mol. The van der Waals surface area contributed by atoms with Gasteiger partial charge in [0, 0.05) is 18.7 Å². The Hall–Kier alpha value is -1.46. The standard InChI is InChI=1S/C16H14BrN3O5S.Na/c1-7-4-9(21)11-14(24-3)8(13(23)12(17)15(11)25-7)5-18-20-10(22)6-19(2)16(20)26;/h4-5,23H,6H2,1-3H3;/q;+1/p-1/b18-5+;. The third kappa shape index (κ3) is 3.77. The van der Waals surface area contributed by atoms with Crippen LogP contribution in [0, 0.1) is 6.92 Å². The monoisotopic (exact) mass is 461 g/mol. The summed E-state index contributed by atoms with van der Waals surface area (Å²) in [7, 11) is 2.99. The number of carbonyl (C=O) groups excluding carboxylic acids is 1. The zero-order valence-electron chi connectivity index (χ0n) is 15.0. The number of aryl methyl sites for hydroxylation is 1. The van der Waals surface area contributed by atoms with Crippen LogP contribution in [0.2, 0.25) is 0 Å². The van der Waals surface area contributed by atoms with Gasteiger partial charge in [0.2, 0.25) is 0 Å².